The number of hydrogen-bond donors (Lipinski definition) is 9. The van der Waals surface area contributed by atoms with Crippen molar-refractivity contribution in [3.05, 3.63) is 0 Å². The van der Waals surface area contributed by atoms with Gasteiger partial charge in [0.1, 0.15) is 42.7 Å². The highest BCUT2D eigenvalue weighted by Gasteiger charge is 2.59. The summed E-state index contributed by atoms with van der Waals surface area (Å²) >= 11 is 0. The molecule has 0 bridgehead atoms. The molecule has 9 N–H and O–H groups in total. The number of carboxylic acids is 1. The quantitative estimate of drug-likeness (QED) is 0.138. The molecule has 0 spiro atoms. The molecule has 11 atom stereocenters. The Morgan fingerprint density at radius 1 is 1.18 bits per heavy atom. The van der Waals surface area contributed by atoms with E-state index in [1.54, 1.807) is 0 Å². The van der Waals surface area contributed by atoms with Gasteiger partial charge < -0.3 is 65.1 Å². The van der Waals surface area contributed by atoms with Crippen molar-refractivity contribution in [3.8, 4) is 0 Å². The van der Waals surface area contributed by atoms with Crippen LogP contribution in [0.1, 0.15) is 13.3 Å². The number of aliphatic carboxylic acids is 1. The van der Waals surface area contributed by atoms with E-state index in [1.807, 2.05) is 0 Å². The first-order valence-corrected chi connectivity index (χ1v) is 10.1. The number of rotatable bonds is 9. The van der Waals surface area contributed by atoms with Crippen LogP contribution in [0, 0.1) is 0 Å². The molecule has 0 aromatic rings. The second-order valence-electron chi connectivity index (χ2n) is 7.90. The smallest absolute Gasteiger partial charge is 0.364 e. The van der Waals surface area contributed by atoms with Crippen LogP contribution in [0.2, 0.25) is 0 Å². The maximum absolute atomic E-state index is 12.2. The fraction of sp³-hybridized carbons (Fsp3) is 0.889. The standard InChI is InChI=1S/C18H31NO14/c1-6(22)19-10-7(23)3-18(17(28)29,32-14(10)11(25)8(24)4-20)33-15-12(26)9(5-21)31-16(30-2)13(15)27/h7-16,20-21,23-27H,3-5H2,1-2H3,(H,19,22)(H,28,29)/t7-,8+,9+,10+,11+,12-,13+,14+,15-,16+,18-/m0/s1/i4+1,16+1. The zero-order valence-electron chi connectivity index (χ0n) is 17.9. The van der Waals surface area contributed by atoms with Crippen LogP contribution in [-0.4, -0.2) is 140 Å². The van der Waals surface area contributed by atoms with Crippen molar-refractivity contribution < 1.29 is 69.4 Å². The van der Waals surface area contributed by atoms with Gasteiger partial charge in [-0.3, -0.25) is 4.79 Å². The molecule has 15 nitrogen and oxygen atoms in total. The lowest BCUT2D eigenvalue weighted by atomic mass is 9.89. The third-order valence-corrected chi connectivity index (χ3v) is 5.57. The minimum atomic E-state index is -2.81. The molecule has 2 rings (SSSR count). The Morgan fingerprint density at radius 3 is 2.30 bits per heavy atom. The highest BCUT2D eigenvalue weighted by Crippen LogP contribution is 2.37. The van der Waals surface area contributed by atoms with Crippen LogP contribution < -0.4 is 5.32 Å². The second kappa shape index (κ2) is 11.3. The van der Waals surface area contributed by atoms with Gasteiger partial charge in [-0.25, -0.2) is 4.79 Å². The summed E-state index contributed by atoms with van der Waals surface area (Å²) in [5.41, 5.74) is 0. The molecule has 2 aliphatic heterocycles. The Morgan fingerprint density at radius 2 is 1.82 bits per heavy atom. The number of methoxy groups -OCH3 is 1. The lowest BCUT2D eigenvalue weighted by Crippen LogP contribution is -2.70. The molecule has 2 heterocycles. The molecule has 2 saturated heterocycles. The maximum atomic E-state index is 12.2. The van der Waals surface area contributed by atoms with E-state index in [9.17, 15) is 50.4 Å². The lowest BCUT2D eigenvalue weighted by Gasteiger charge is -2.49. The number of carbonyl (C=O) groups excluding carboxylic acids is 1. The molecule has 0 saturated carbocycles. The van der Waals surface area contributed by atoms with E-state index in [4.69, 9.17) is 18.9 Å². The number of aliphatic hydroxyl groups is 7. The summed E-state index contributed by atoms with van der Waals surface area (Å²) < 4.78 is 21.0. The molecule has 2 fully saturated rings. The summed E-state index contributed by atoms with van der Waals surface area (Å²) in [6, 6.07) is -1.42. The maximum Gasteiger partial charge on any atom is 0.364 e. The van der Waals surface area contributed by atoms with E-state index >= 15 is 0 Å². The largest absolute Gasteiger partial charge is 0.477 e. The van der Waals surface area contributed by atoms with Crippen LogP contribution in [0.15, 0.2) is 0 Å². The van der Waals surface area contributed by atoms with E-state index in [2.05, 4.69) is 5.32 Å². The molecular weight excluding hydrogens is 456 g/mol. The highest BCUT2D eigenvalue weighted by atomic mass is 16.8. The van der Waals surface area contributed by atoms with Gasteiger partial charge in [0.25, 0.3) is 5.79 Å². The Bertz CT molecular complexity index is 665. The minimum Gasteiger partial charge on any atom is -0.477 e. The van der Waals surface area contributed by atoms with Gasteiger partial charge >= 0.3 is 5.97 Å². The number of aliphatic hydroxyl groups excluding tert-OH is 7. The predicted molar refractivity (Wildman–Crippen MR) is 102 cm³/mol. The van der Waals surface area contributed by atoms with Crippen LogP contribution >= 0.6 is 0 Å². The van der Waals surface area contributed by atoms with Crippen molar-refractivity contribution in [2.45, 2.75) is 80.3 Å². The van der Waals surface area contributed by atoms with Gasteiger partial charge in [-0.1, -0.05) is 0 Å². The number of ether oxygens (including phenoxy) is 4. The van der Waals surface area contributed by atoms with Crippen molar-refractivity contribution >= 4 is 11.9 Å². The van der Waals surface area contributed by atoms with E-state index in [0.717, 1.165) is 14.0 Å². The molecule has 0 aliphatic carbocycles. The zero-order valence-corrected chi connectivity index (χ0v) is 17.9. The molecular formula is C18H31NO14. The first-order valence-electron chi connectivity index (χ1n) is 10.1. The second-order valence-corrected chi connectivity index (χ2v) is 7.90. The molecule has 0 aromatic heterocycles. The SMILES string of the molecule is CO[13C@@H]1O[C@H](CO)[C@H](O)[C@H](O[C@]2(C(=O)O)C[C@H](O)[C@@H](NC(C)=O)[C@H]([C@H](O)[C@H](O)[13CH2]O)O2)[C@H]1O. The van der Waals surface area contributed by atoms with E-state index in [1.165, 1.54) is 0 Å². The summed E-state index contributed by atoms with van der Waals surface area (Å²) in [4.78, 5) is 23.8. The van der Waals surface area contributed by atoms with Gasteiger partial charge in [0.15, 0.2) is 6.29 Å². The normalized spacial score (nSPS) is 41.2. The molecule has 1 amide bonds. The predicted octanol–water partition coefficient (Wildman–Crippen LogP) is -5.39. The third-order valence-electron chi connectivity index (χ3n) is 5.57. The Balaban J connectivity index is 2.44. The lowest BCUT2D eigenvalue weighted by molar-refractivity contribution is -0.368. The number of carbonyl (C=O) groups is 2. The molecule has 0 unspecified atom stereocenters. The van der Waals surface area contributed by atoms with Gasteiger partial charge in [0.2, 0.25) is 5.91 Å². The van der Waals surface area contributed by atoms with Crippen molar-refractivity contribution in [3.63, 3.8) is 0 Å². The summed E-state index contributed by atoms with van der Waals surface area (Å²) in [5.74, 6) is -5.32. The molecule has 192 valence electrons. The van der Waals surface area contributed by atoms with Crippen molar-refractivity contribution in [1.29, 1.82) is 0 Å². The summed E-state index contributed by atoms with van der Waals surface area (Å²) in [6.07, 6.45) is -16.3. The van der Waals surface area contributed by atoms with E-state index in [-0.39, 0.29) is 0 Å². The molecule has 15 heteroatoms. The summed E-state index contributed by atoms with van der Waals surface area (Å²) in [6.45, 7) is -0.620. The van der Waals surface area contributed by atoms with E-state index in [0.29, 0.717) is 0 Å². The Hall–Kier alpha value is -1.50. The third kappa shape index (κ3) is 5.77. The van der Waals surface area contributed by atoms with Crippen molar-refractivity contribution in [1.82, 2.24) is 5.32 Å². The van der Waals surface area contributed by atoms with Gasteiger partial charge in [-0.15, -0.1) is 0 Å². The number of nitrogens with one attached hydrogen (secondary N) is 1. The number of carboxylic acid groups (broad SMARTS) is 1. The van der Waals surface area contributed by atoms with Gasteiger partial charge in [0, 0.05) is 20.5 Å². The molecule has 2 aliphatic rings. The first-order chi connectivity index (χ1) is 15.4. The molecule has 0 aromatic carbocycles. The molecule has 33 heavy (non-hydrogen) atoms. The van der Waals surface area contributed by atoms with Gasteiger partial charge in [0.05, 0.1) is 25.4 Å². The fourth-order valence-electron chi connectivity index (χ4n) is 3.86. The molecule has 0 radical (unpaired) electrons. The van der Waals surface area contributed by atoms with Crippen molar-refractivity contribution in [2.24, 2.45) is 0 Å². The number of amides is 1. The first kappa shape index (κ1) is 27.7. The van der Waals surface area contributed by atoms with Crippen LogP contribution in [0.5, 0.6) is 0 Å². The van der Waals surface area contributed by atoms with E-state index < -0.39 is 98.5 Å². The topological polar surface area (TPSA) is 245 Å². The summed E-state index contributed by atoms with van der Waals surface area (Å²) in [7, 11) is 1.14. The monoisotopic (exact) mass is 487 g/mol. The van der Waals surface area contributed by atoms with Crippen LogP contribution in [0.25, 0.3) is 0 Å². The number of hydrogen-bond acceptors (Lipinski definition) is 13. The van der Waals surface area contributed by atoms with Gasteiger partial charge in [-0.05, 0) is 0 Å². The van der Waals surface area contributed by atoms with Crippen molar-refractivity contribution in [2.75, 3.05) is 20.3 Å². The minimum absolute atomic E-state index is 0.675. The van der Waals surface area contributed by atoms with Crippen LogP contribution in [0.3, 0.4) is 0 Å². The Labute approximate surface area is 188 Å². The zero-order chi connectivity index (χ0) is 25.1. The summed E-state index contributed by atoms with van der Waals surface area (Å²) in [5, 5.41) is 82.6. The average Bonchev–Trinajstić information content (AvgIpc) is 2.77. The highest BCUT2D eigenvalue weighted by molar-refractivity contribution is 5.76. The average molecular weight is 487 g/mol. The fourth-order valence-corrected chi connectivity index (χ4v) is 3.86. The van der Waals surface area contributed by atoms with Crippen LogP contribution in [0.4, 0.5) is 0 Å². The Kier molecular flexibility index (Phi) is 9.49. The van der Waals surface area contributed by atoms with Crippen LogP contribution in [-0.2, 0) is 28.5 Å². The van der Waals surface area contributed by atoms with Gasteiger partial charge in [-0.2, -0.15) is 0 Å².